The average Bonchev–Trinajstić information content (AvgIpc) is 2.18. The summed E-state index contributed by atoms with van der Waals surface area (Å²) in [5.74, 6) is -0.740. The van der Waals surface area contributed by atoms with E-state index in [-0.39, 0.29) is 17.6 Å². The minimum atomic E-state index is -0.935. The Kier molecular flexibility index (Phi) is 7.05. The molecule has 2 unspecified atom stereocenters. The summed E-state index contributed by atoms with van der Waals surface area (Å²) in [7, 11) is 0. The molecule has 88 valence electrons. The molecule has 2 N–H and O–H groups in total. The topological polar surface area (TPSA) is 57.5 Å². The number of rotatable bonds is 8. The Balaban J connectivity index is 3.99. The molecule has 0 amide bonds. The molecular formula is C12H22O3. The minimum Gasteiger partial charge on any atom is -0.478 e. The molecule has 2 atom stereocenters. The van der Waals surface area contributed by atoms with Crippen molar-refractivity contribution in [1.29, 1.82) is 0 Å². The molecule has 0 aromatic rings. The van der Waals surface area contributed by atoms with Gasteiger partial charge in [0.2, 0.25) is 0 Å². The van der Waals surface area contributed by atoms with Gasteiger partial charge in [0.15, 0.2) is 0 Å². The summed E-state index contributed by atoms with van der Waals surface area (Å²) < 4.78 is 0. The number of carboxylic acid groups (broad SMARTS) is 1. The second-order valence-corrected chi connectivity index (χ2v) is 3.97. The van der Waals surface area contributed by atoms with E-state index >= 15 is 0 Å². The first-order chi connectivity index (χ1) is 7.02. The molecule has 0 saturated carbocycles. The zero-order chi connectivity index (χ0) is 11.8. The normalized spacial score (nSPS) is 14.6. The standard InChI is InChI=1S/C12H22O3/c1-4-6-11(13)10(5-2)8-7-9(3)12(14)15/h10-11,13H,3-8H2,1-2H3,(H,14,15). The second kappa shape index (κ2) is 7.46. The van der Waals surface area contributed by atoms with Crippen molar-refractivity contribution in [3.63, 3.8) is 0 Å². The largest absolute Gasteiger partial charge is 0.478 e. The van der Waals surface area contributed by atoms with E-state index in [1.54, 1.807) is 0 Å². The fraction of sp³-hybridized carbons (Fsp3) is 0.750. The van der Waals surface area contributed by atoms with Gasteiger partial charge in [-0.1, -0.05) is 33.3 Å². The quantitative estimate of drug-likeness (QED) is 0.611. The first-order valence-electron chi connectivity index (χ1n) is 5.62. The number of aliphatic hydroxyl groups excluding tert-OH is 1. The van der Waals surface area contributed by atoms with Crippen molar-refractivity contribution in [2.75, 3.05) is 0 Å². The highest BCUT2D eigenvalue weighted by Gasteiger charge is 2.17. The van der Waals surface area contributed by atoms with Crippen molar-refractivity contribution in [3.8, 4) is 0 Å². The maximum Gasteiger partial charge on any atom is 0.330 e. The van der Waals surface area contributed by atoms with E-state index in [4.69, 9.17) is 5.11 Å². The van der Waals surface area contributed by atoms with Crippen LogP contribution in [0.25, 0.3) is 0 Å². The van der Waals surface area contributed by atoms with Crippen LogP contribution < -0.4 is 0 Å². The molecule has 0 aromatic heterocycles. The van der Waals surface area contributed by atoms with Crippen LogP contribution in [0, 0.1) is 5.92 Å². The number of aliphatic carboxylic acids is 1. The summed E-state index contributed by atoms with van der Waals surface area (Å²) in [5.41, 5.74) is 0.233. The first-order valence-corrected chi connectivity index (χ1v) is 5.62. The predicted octanol–water partition coefficient (Wildman–Crippen LogP) is 2.59. The fourth-order valence-electron chi connectivity index (χ4n) is 1.67. The van der Waals surface area contributed by atoms with Gasteiger partial charge in [0.25, 0.3) is 0 Å². The number of hydrogen-bond acceptors (Lipinski definition) is 2. The van der Waals surface area contributed by atoms with E-state index in [0.29, 0.717) is 12.8 Å². The summed E-state index contributed by atoms with van der Waals surface area (Å²) in [4.78, 5) is 10.5. The lowest BCUT2D eigenvalue weighted by Crippen LogP contribution is -2.20. The Labute approximate surface area is 91.8 Å². The molecule has 0 spiro atoms. The number of aliphatic hydroxyl groups is 1. The molecule has 0 aliphatic rings. The zero-order valence-corrected chi connectivity index (χ0v) is 9.70. The zero-order valence-electron chi connectivity index (χ0n) is 9.70. The highest BCUT2D eigenvalue weighted by molar-refractivity contribution is 5.85. The van der Waals surface area contributed by atoms with Crippen molar-refractivity contribution >= 4 is 5.97 Å². The Morgan fingerprint density at radius 3 is 2.33 bits per heavy atom. The van der Waals surface area contributed by atoms with Crippen LogP contribution in [-0.2, 0) is 4.79 Å². The number of carboxylic acids is 1. The van der Waals surface area contributed by atoms with Crippen molar-refractivity contribution < 1.29 is 15.0 Å². The van der Waals surface area contributed by atoms with Crippen molar-refractivity contribution in [3.05, 3.63) is 12.2 Å². The Bertz CT molecular complexity index is 211. The van der Waals surface area contributed by atoms with Gasteiger partial charge in [-0.25, -0.2) is 4.79 Å². The van der Waals surface area contributed by atoms with E-state index in [9.17, 15) is 9.90 Å². The summed E-state index contributed by atoms with van der Waals surface area (Å²) in [6, 6.07) is 0. The highest BCUT2D eigenvalue weighted by atomic mass is 16.4. The van der Waals surface area contributed by atoms with Gasteiger partial charge in [-0.05, 0) is 25.2 Å². The maximum atomic E-state index is 10.5. The lowest BCUT2D eigenvalue weighted by Gasteiger charge is -2.20. The Morgan fingerprint density at radius 1 is 1.33 bits per heavy atom. The molecule has 15 heavy (non-hydrogen) atoms. The molecule has 0 heterocycles. The summed E-state index contributed by atoms with van der Waals surface area (Å²) in [5, 5.41) is 18.4. The number of carbonyl (C=O) groups is 1. The minimum absolute atomic E-state index is 0.195. The van der Waals surface area contributed by atoms with Crippen LogP contribution in [0.4, 0.5) is 0 Å². The van der Waals surface area contributed by atoms with Gasteiger partial charge in [0.05, 0.1) is 6.10 Å². The summed E-state index contributed by atoms with van der Waals surface area (Å²) in [6.45, 7) is 7.54. The third-order valence-corrected chi connectivity index (χ3v) is 2.77. The lowest BCUT2D eigenvalue weighted by atomic mass is 9.90. The molecule has 0 radical (unpaired) electrons. The van der Waals surface area contributed by atoms with Crippen molar-refractivity contribution in [1.82, 2.24) is 0 Å². The monoisotopic (exact) mass is 214 g/mol. The second-order valence-electron chi connectivity index (χ2n) is 3.97. The first kappa shape index (κ1) is 14.2. The molecule has 3 heteroatoms. The Morgan fingerprint density at radius 2 is 1.93 bits per heavy atom. The van der Waals surface area contributed by atoms with Crippen LogP contribution in [0.2, 0.25) is 0 Å². The van der Waals surface area contributed by atoms with Crippen LogP contribution in [0.1, 0.15) is 46.0 Å². The van der Waals surface area contributed by atoms with E-state index in [2.05, 4.69) is 6.58 Å². The van der Waals surface area contributed by atoms with Crippen LogP contribution in [0.5, 0.6) is 0 Å². The summed E-state index contributed by atoms with van der Waals surface area (Å²) >= 11 is 0. The van der Waals surface area contributed by atoms with Crippen LogP contribution in [-0.4, -0.2) is 22.3 Å². The van der Waals surface area contributed by atoms with Gasteiger partial charge in [-0.2, -0.15) is 0 Å². The highest BCUT2D eigenvalue weighted by Crippen LogP contribution is 2.21. The molecule has 0 aliphatic heterocycles. The van der Waals surface area contributed by atoms with Crippen molar-refractivity contribution in [2.24, 2.45) is 5.92 Å². The van der Waals surface area contributed by atoms with Gasteiger partial charge in [-0.3, -0.25) is 0 Å². The molecule has 0 saturated heterocycles. The third kappa shape index (κ3) is 5.57. The van der Waals surface area contributed by atoms with Crippen LogP contribution in [0.3, 0.4) is 0 Å². The predicted molar refractivity (Wildman–Crippen MR) is 60.7 cm³/mol. The number of hydrogen-bond donors (Lipinski definition) is 2. The SMILES string of the molecule is C=C(CCC(CC)C(O)CCC)C(=O)O. The van der Waals surface area contributed by atoms with E-state index < -0.39 is 5.97 Å². The fourth-order valence-corrected chi connectivity index (χ4v) is 1.67. The molecule has 0 aromatic carbocycles. The third-order valence-electron chi connectivity index (χ3n) is 2.77. The smallest absolute Gasteiger partial charge is 0.330 e. The van der Waals surface area contributed by atoms with Gasteiger partial charge in [-0.15, -0.1) is 0 Å². The molecule has 0 aliphatic carbocycles. The molecule has 0 rings (SSSR count). The summed E-state index contributed by atoms with van der Waals surface area (Å²) in [6.07, 6.45) is 3.50. The maximum absolute atomic E-state index is 10.5. The molecular weight excluding hydrogens is 192 g/mol. The van der Waals surface area contributed by atoms with Gasteiger partial charge >= 0.3 is 5.97 Å². The average molecular weight is 214 g/mol. The van der Waals surface area contributed by atoms with Crippen LogP contribution in [0.15, 0.2) is 12.2 Å². The van der Waals surface area contributed by atoms with Gasteiger partial charge in [0.1, 0.15) is 0 Å². The van der Waals surface area contributed by atoms with Gasteiger partial charge < -0.3 is 10.2 Å². The van der Waals surface area contributed by atoms with Gasteiger partial charge in [0, 0.05) is 5.57 Å². The Hall–Kier alpha value is -0.830. The van der Waals surface area contributed by atoms with E-state index in [1.807, 2.05) is 13.8 Å². The van der Waals surface area contributed by atoms with E-state index in [1.165, 1.54) is 0 Å². The lowest BCUT2D eigenvalue weighted by molar-refractivity contribution is -0.132. The molecule has 0 fully saturated rings. The van der Waals surface area contributed by atoms with Crippen molar-refractivity contribution in [2.45, 2.75) is 52.1 Å². The molecule has 0 bridgehead atoms. The van der Waals surface area contributed by atoms with Crippen LogP contribution >= 0.6 is 0 Å². The molecule has 3 nitrogen and oxygen atoms in total. The van der Waals surface area contributed by atoms with E-state index in [0.717, 1.165) is 19.3 Å².